The number of piperazine rings is 1. The highest BCUT2D eigenvalue weighted by Crippen LogP contribution is 2.13. The Morgan fingerprint density at radius 1 is 1.18 bits per heavy atom. The first kappa shape index (κ1) is 22.5. The lowest BCUT2D eigenvalue weighted by Crippen LogP contribution is -2.54. The van der Waals surface area contributed by atoms with Crippen LogP contribution < -0.4 is 10.6 Å². The minimum absolute atomic E-state index is 0.100. The van der Waals surface area contributed by atoms with Gasteiger partial charge in [-0.1, -0.05) is 23.7 Å². The smallest absolute Gasteiger partial charge is 0.227 e. The Hall–Kier alpha value is -1.79. The molecule has 1 aromatic rings. The Labute approximate surface area is 174 Å². The highest BCUT2D eigenvalue weighted by Gasteiger charge is 2.23. The molecule has 2 rings (SSSR count). The number of amides is 1. The number of carbonyl (C=O) groups is 1. The van der Waals surface area contributed by atoms with E-state index in [-0.39, 0.29) is 11.4 Å². The van der Waals surface area contributed by atoms with E-state index in [1.165, 1.54) is 0 Å². The van der Waals surface area contributed by atoms with Gasteiger partial charge in [-0.05, 0) is 45.4 Å². The SMILES string of the molecule is CCNC(=NCCNC(C)(C)C)N1CCN(C(=O)Cc2cccc(Cl)c2)CC1. The molecule has 1 amide bonds. The fraction of sp³-hybridized carbons (Fsp3) is 0.619. The average Bonchev–Trinajstić information content (AvgIpc) is 2.63. The normalized spacial score (nSPS) is 15.7. The van der Waals surface area contributed by atoms with Crippen molar-refractivity contribution in [3.8, 4) is 0 Å². The van der Waals surface area contributed by atoms with Crippen molar-refractivity contribution in [3.63, 3.8) is 0 Å². The van der Waals surface area contributed by atoms with Gasteiger partial charge in [0, 0.05) is 49.8 Å². The summed E-state index contributed by atoms with van der Waals surface area (Å²) < 4.78 is 0. The van der Waals surface area contributed by atoms with Gasteiger partial charge in [-0.25, -0.2) is 0 Å². The van der Waals surface area contributed by atoms with Crippen molar-refractivity contribution >= 4 is 23.5 Å². The van der Waals surface area contributed by atoms with Crippen LogP contribution in [0.5, 0.6) is 0 Å². The average molecular weight is 408 g/mol. The van der Waals surface area contributed by atoms with E-state index in [1.807, 2.05) is 29.2 Å². The van der Waals surface area contributed by atoms with Crippen molar-refractivity contribution in [2.45, 2.75) is 39.7 Å². The molecule has 0 radical (unpaired) electrons. The summed E-state index contributed by atoms with van der Waals surface area (Å²) in [6, 6.07) is 7.52. The van der Waals surface area contributed by atoms with Crippen molar-refractivity contribution in [2.24, 2.45) is 4.99 Å². The maximum Gasteiger partial charge on any atom is 0.227 e. The van der Waals surface area contributed by atoms with Crippen molar-refractivity contribution in [1.29, 1.82) is 0 Å². The number of carbonyl (C=O) groups excluding carboxylic acids is 1. The van der Waals surface area contributed by atoms with Gasteiger partial charge in [0.05, 0.1) is 13.0 Å². The summed E-state index contributed by atoms with van der Waals surface area (Å²) in [5.41, 5.74) is 1.06. The largest absolute Gasteiger partial charge is 0.357 e. The Morgan fingerprint density at radius 2 is 1.86 bits per heavy atom. The second-order valence-electron chi connectivity index (χ2n) is 8.09. The second kappa shape index (κ2) is 10.7. The molecule has 1 saturated heterocycles. The molecule has 0 unspecified atom stereocenters. The number of hydrogen-bond donors (Lipinski definition) is 2. The van der Waals surface area contributed by atoms with Crippen LogP contribution >= 0.6 is 11.6 Å². The lowest BCUT2D eigenvalue weighted by atomic mass is 10.1. The van der Waals surface area contributed by atoms with Gasteiger partial charge in [-0.2, -0.15) is 0 Å². The van der Waals surface area contributed by atoms with E-state index in [1.54, 1.807) is 0 Å². The van der Waals surface area contributed by atoms with Crippen LogP contribution in [0.2, 0.25) is 5.02 Å². The maximum atomic E-state index is 12.6. The Morgan fingerprint density at radius 3 is 2.46 bits per heavy atom. The minimum atomic E-state index is 0.100. The predicted molar refractivity (Wildman–Crippen MR) is 117 cm³/mol. The number of guanidine groups is 1. The molecular formula is C21H34ClN5O. The topological polar surface area (TPSA) is 60.0 Å². The van der Waals surface area contributed by atoms with E-state index in [4.69, 9.17) is 16.6 Å². The molecule has 0 spiro atoms. The summed E-state index contributed by atoms with van der Waals surface area (Å²) in [4.78, 5) is 21.5. The summed E-state index contributed by atoms with van der Waals surface area (Å²) >= 11 is 6.02. The van der Waals surface area contributed by atoms with Crippen molar-refractivity contribution in [1.82, 2.24) is 20.4 Å². The third-order valence-corrected chi connectivity index (χ3v) is 4.77. The zero-order chi connectivity index (χ0) is 20.6. The lowest BCUT2D eigenvalue weighted by Gasteiger charge is -2.36. The van der Waals surface area contributed by atoms with Crippen LogP contribution in [0.3, 0.4) is 0 Å². The third-order valence-electron chi connectivity index (χ3n) is 4.54. The predicted octanol–water partition coefficient (Wildman–Crippen LogP) is 2.38. The Balaban J connectivity index is 1.84. The van der Waals surface area contributed by atoms with Crippen LogP contribution in [-0.4, -0.2) is 73.0 Å². The fourth-order valence-electron chi connectivity index (χ4n) is 3.12. The summed E-state index contributed by atoms with van der Waals surface area (Å²) in [5, 5.41) is 7.49. The van der Waals surface area contributed by atoms with Gasteiger partial charge in [0.25, 0.3) is 0 Å². The van der Waals surface area contributed by atoms with Crippen molar-refractivity contribution < 1.29 is 4.79 Å². The van der Waals surface area contributed by atoms with Gasteiger partial charge in [0.2, 0.25) is 5.91 Å². The molecule has 0 bridgehead atoms. The van der Waals surface area contributed by atoms with E-state index < -0.39 is 0 Å². The molecule has 0 aliphatic carbocycles. The molecule has 0 saturated carbocycles. The quantitative estimate of drug-likeness (QED) is 0.432. The molecule has 7 heteroatoms. The number of rotatable bonds is 6. The Bertz CT molecular complexity index is 663. The Kier molecular flexibility index (Phi) is 8.58. The number of nitrogens with one attached hydrogen (secondary N) is 2. The van der Waals surface area contributed by atoms with Crippen LogP contribution in [-0.2, 0) is 11.2 Å². The van der Waals surface area contributed by atoms with Gasteiger partial charge in [0.15, 0.2) is 5.96 Å². The molecule has 28 heavy (non-hydrogen) atoms. The molecule has 1 heterocycles. The molecule has 6 nitrogen and oxygen atoms in total. The van der Waals surface area contributed by atoms with Crippen molar-refractivity contribution in [2.75, 3.05) is 45.8 Å². The van der Waals surface area contributed by atoms with Gasteiger partial charge in [-0.3, -0.25) is 9.79 Å². The molecule has 156 valence electrons. The van der Waals surface area contributed by atoms with E-state index in [0.29, 0.717) is 24.5 Å². The number of halogens is 1. The molecule has 1 aromatic carbocycles. The highest BCUT2D eigenvalue weighted by molar-refractivity contribution is 6.30. The number of benzene rings is 1. The molecule has 1 aliphatic heterocycles. The molecule has 0 aromatic heterocycles. The first-order valence-corrected chi connectivity index (χ1v) is 10.5. The van der Waals surface area contributed by atoms with Crippen LogP contribution in [0.4, 0.5) is 0 Å². The first-order chi connectivity index (χ1) is 13.3. The second-order valence-corrected chi connectivity index (χ2v) is 8.52. The highest BCUT2D eigenvalue weighted by atomic mass is 35.5. The number of nitrogens with zero attached hydrogens (tertiary/aromatic N) is 3. The summed E-state index contributed by atoms with van der Waals surface area (Å²) in [6.07, 6.45) is 0.396. The van der Waals surface area contributed by atoms with Crippen LogP contribution in [0.15, 0.2) is 29.3 Å². The third kappa shape index (κ3) is 7.68. The number of aliphatic imine (C=N–C) groups is 1. The molecular weight excluding hydrogens is 374 g/mol. The fourth-order valence-corrected chi connectivity index (χ4v) is 3.33. The van der Waals surface area contributed by atoms with Crippen LogP contribution in [0.25, 0.3) is 0 Å². The summed E-state index contributed by atoms with van der Waals surface area (Å²) in [7, 11) is 0. The van der Waals surface area contributed by atoms with Crippen molar-refractivity contribution in [3.05, 3.63) is 34.9 Å². The van der Waals surface area contributed by atoms with Gasteiger partial charge in [-0.15, -0.1) is 0 Å². The standard InChI is InChI=1S/C21H34ClN5O/c1-5-23-20(24-9-10-25-21(2,3)4)27-13-11-26(12-14-27)19(28)16-17-7-6-8-18(22)15-17/h6-8,15,25H,5,9-14,16H2,1-4H3,(H,23,24). The zero-order valence-corrected chi connectivity index (χ0v) is 18.4. The lowest BCUT2D eigenvalue weighted by molar-refractivity contribution is -0.131. The number of hydrogen-bond acceptors (Lipinski definition) is 3. The van der Waals surface area contributed by atoms with Gasteiger partial charge < -0.3 is 20.4 Å². The zero-order valence-electron chi connectivity index (χ0n) is 17.6. The molecule has 1 aliphatic rings. The molecule has 2 N–H and O–H groups in total. The van der Waals surface area contributed by atoms with E-state index in [2.05, 4.69) is 43.2 Å². The monoisotopic (exact) mass is 407 g/mol. The van der Waals surface area contributed by atoms with Crippen LogP contribution in [0, 0.1) is 0 Å². The minimum Gasteiger partial charge on any atom is -0.357 e. The molecule has 1 fully saturated rings. The summed E-state index contributed by atoms with van der Waals surface area (Å²) in [5.74, 6) is 1.08. The van der Waals surface area contributed by atoms with Crippen LogP contribution in [0.1, 0.15) is 33.3 Å². The van der Waals surface area contributed by atoms with Gasteiger partial charge in [0.1, 0.15) is 0 Å². The molecule has 0 atom stereocenters. The van der Waals surface area contributed by atoms with Gasteiger partial charge >= 0.3 is 0 Å². The van der Waals surface area contributed by atoms with E-state index >= 15 is 0 Å². The first-order valence-electron chi connectivity index (χ1n) is 10.1. The van der Waals surface area contributed by atoms with E-state index in [9.17, 15) is 4.79 Å². The maximum absolute atomic E-state index is 12.6. The summed E-state index contributed by atoms with van der Waals surface area (Å²) in [6.45, 7) is 14.0. The van der Waals surface area contributed by atoms with E-state index in [0.717, 1.165) is 44.2 Å².